The maximum absolute atomic E-state index is 8.93. The van der Waals surface area contributed by atoms with Gasteiger partial charge in [-0.3, -0.25) is 0 Å². The predicted octanol–water partition coefficient (Wildman–Crippen LogP) is 9.90. The maximum Gasteiger partial charge on any atom is 0.164 e. The van der Waals surface area contributed by atoms with Crippen LogP contribution in [0.3, 0.4) is 0 Å². The molecule has 0 amide bonds. The van der Waals surface area contributed by atoms with Crippen molar-refractivity contribution in [2.24, 2.45) is 0 Å². The number of nitrogens with zero attached hydrogens (tertiary/aromatic N) is 3. The van der Waals surface area contributed by atoms with Gasteiger partial charge in [0.1, 0.15) is 0 Å². The van der Waals surface area contributed by atoms with E-state index in [1.54, 1.807) is 0 Å². The molecule has 0 N–H and O–H groups in total. The normalized spacial score (nSPS) is 13.8. The second-order valence-electron chi connectivity index (χ2n) is 11.6. The molecule has 0 spiro atoms. The van der Waals surface area contributed by atoms with Gasteiger partial charge in [0.25, 0.3) is 0 Å². The SMILES string of the molecule is [2H]c1c([2H])c([2H])c2c(-c3nc(-c4ccccc4)nc(-c4cccc(-c5cccc(-c6ccccc6[Si](C)(C)C)c5)c4)n3)c([2H])c([2H])c([2H])c2c1[2H]. The number of hydrogen-bond acceptors (Lipinski definition) is 3. The van der Waals surface area contributed by atoms with Crippen molar-refractivity contribution in [3.8, 4) is 56.4 Å². The third kappa shape index (κ3) is 5.48. The fraction of sp³-hybridized carbons (Fsp3) is 0.0750. The van der Waals surface area contributed by atoms with Gasteiger partial charge in [-0.05, 0) is 45.2 Å². The molecule has 1 aromatic heterocycles. The highest BCUT2D eigenvalue weighted by Gasteiger charge is 2.21. The smallest absolute Gasteiger partial charge is 0.164 e. The van der Waals surface area contributed by atoms with E-state index in [1.165, 1.54) is 10.8 Å². The van der Waals surface area contributed by atoms with Crippen molar-refractivity contribution in [2.75, 3.05) is 0 Å². The summed E-state index contributed by atoms with van der Waals surface area (Å²) >= 11 is 0. The molecule has 0 radical (unpaired) electrons. The number of rotatable bonds is 6. The molecule has 6 aromatic carbocycles. The van der Waals surface area contributed by atoms with E-state index in [9.17, 15) is 0 Å². The standard InChI is InChI=1S/C40H33N3Si/c1-44(2,3)37-25-10-9-23-35(37)32-20-11-18-30(26-32)31-19-12-21-33(27-31)39-41-38(29-15-5-4-6-16-29)42-40(43-39)36-24-13-17-28-14-7-8-22-34(28)36/h4-27H,1-3H3/i7D,8D,13D,14D,17D,22D,24D. The minimum absolute atomic E-state index is 0.0252. The zero-order valence-corrected chi connectivity index (χ0v) is 25.7. The summed E-state index contributed by atoms with van der Waals surface area (Å²) in [6.07, 6.45) is 0. The van der Waals surface area contributed by atoms with E-state index >= 15 is 0 Å². The molecule has 0 fully saturated rings. The molecule has 0 aliphatic heterocycles. The van der Waals surface area contributed by atoms with Gasteiger partial charge in [0, 0.05) is 16.7 Å². The fourth-order valence-electron chi connectivity index (χ4n) is 5.41. The van der Waals surface area contributed by atoms with E-state index in [2.05, 4.69) is 68.2 Å². The number of fused-ring (bicyclic) bond motifs is 1. The molecule has 0 atom stereocenters. The highest BCUT2D eigenvalue weighted by Crippen LogP contribution is 2.32. The zero-order chi connectivity index (χ0) is 36.2. The molecular weight excluding hydrogens is 551 g/mol. The Bertz CT molecular complexity index is 2490. The fourth-order valence-corrected chi connectivity index (χ4v) is 7.04. The minimum atomic E-state index is -1.62. The van der Waals surface area contributed by atoms with Gasteiger partial charge in [-0.25, -0.2) is 15.0 Å². The molecular formula is C40H33N3Si. The van der Waals surface area contributed by atoms with Crippen molar-refractivity contribution in [1.82, 2.24) is 15.0 Å². The summed E-state index contributed by atoms with van der Waals surface area (Å²) in [5.74, 6) is 0.555. The number of hydrogen-bond donors (Lipinski definition) is 0. The molecule has 0 unspecified atom stereocenters. The molecule has 212 valence electrons. The molecule has 0 bridgehead atoms. The highest BCUT2D eigenvalue weighted by molar-refractivity contribution is 6.89. The molecule has 7 aromatic rings. The van der Waals surface area contributed by atoms with Crippen LogP contribution in [0.5, 0.6) is 0 Å². The Morgan fingerprint density at radius 2 is 1.05 bits per heavy atom. The molecule has 0 saturated heterocycles. The van der Waals surface area contributed by atoms with Crippen LogP contribution in [0.2, 0.25) is 19.6 Å². The maximum atomic E-state index is 8.93. The van der Waals surface area contributed by atoms with Gasteiger partial charge in [-0.1, -0.05) is 158 Å². The molecule has 0 saturated carbocycles. The van der Waals surface area contributed by atoms with Crippen molar-refractivity contribution in [1.29, 1.82) is 0 Å². The third-order valence-electron chi connectivity index (χ3n) is 7.57. The second-order valence-corrected chi connectivity index (χ2v) is 16.7. The summed E-state index contributed by atoms with van der Waals surface area (Å²) < 4.78 is 60.0. The Hall–Kier alpha value is -5.19. The average molecular weight is 591 g/mol. The van der Waals surface area contributed by atoms with Crippen molar-refractivity contribution in [3.05, 3.63) is 145 Å². The summed E-state index contributed by atoms with van der Waals surface area (Å²) in [6.45, 7) is 7.04. The van der Waals surface area contributed by atoms with Crippen LogP contribution in [0.4, 0.5) is 0 Å². The first-order valence-corrected chi connectivity index (χ1v) is 18.0. The first-order valence-electron chi connectivity index (χ1n) is 18.0. The molecule has 44 heavy (non-hydrogen) atoms. The lowest BCUT2D eigenvalue weighted by atomic mass is 9.97. The molecule has 7 rings (SSSR count). The van der Waals surface area contributed by atoms with Crippen molar-refractivity contribution >= 4 is 24.0 Å². The quantitative estimate of drug-likeness (QED) is 0.181. The Morgan fingerprint density at radius 3 is 1.82 bits per heavy atom. The van der Waals surface area contributed by atoms with Crippen LogP contribution >= 0.6 is 0 Å². The van der Waals surface area contributed by atoms with Crippen molar-refractivity contribution in [2.45, 2.75) is 19.6 Å². The molecule has 0 aliphatic rings. The molecule has 4 heteroatoms. The first-order chi connectivity index (χ1) is 24.3. The lowest BCUT2D eigenvalue weighted by Gasteiger charge is -2.21. The van der Waals surface area contributed by atoms with Crippen molar-refractivity contribution < 1.29 is 9.60 Å². The number of benzene rings is 6. The summed E-state index contributed by atoms with van der Waals surface area (Å²) in [5.41, 5.74) is 5.61. The van der Waals surface area contributed by atoms with Crippen LogP contribution in [0.25, 0.3) is 67.2 Å². The predicted molar refractivity (Wildman–Crippen MR) is 187 cm³/mol. The highest BCUT2D eigenvalue weighted by atomic mass is 28.3. The monoisotopic (exact) mass is 590 g/mol. The average Bonchev–Trinajstić information content (AvgIpc) is 3.15. The zero-order valence-electron chi connectivity index (χ0n) is 31.7. The van der Waals surface area contributed by atoms with E-state index < -0.39 is 50.4 Å². The molecule has 3 nitrogen and oxygen atoms in total. The van der Waals surface area contributed by atoms with Gasteiger partial charge in [0.2, 0.25) is 0 Å². The third-order valence-corrected chi connectivity index (χ3v) is 9.62. The summed E-state index contributed by atoms with van der Waals surface area (Å²) in [4.78, 5) is 14.4. The van der Waals surface area contributed by atoms with E-state index in [-0.39, 0.29) is 28.0 Å². The Morgan fingerprint density at radius 1 is 0.477 bits per heavy atom. The Balaban J connectivity index is 1.44. The first kappa shape index (κ1) is 20.7. The van der Waals surface area contributed by atoms with Gasteiger partial charge in [0.15, 0.2) is 17.5 Å². The van der Waals surface area contributed by atoms with Crippen LogP contribution < -0.4 is 5.19 Å². The molecule has 1 heterocycles. The van der Waals surface area contributed by atoms with E-state index in [0.29, 0.717) is 17.0 Å². The summed E-state index contributed by atoms with van der Waals surface area (Å²) in [5, 5.41) is 1.16. The van der Waals surface area contributed by atoms with Gasteiger partial charge in [-0.2, -0.15) is 0 Å². The Labute approximate surface area is 269 Å². The minimum Gasteiger partial charge on any atom is -0.208 e. The molecule has 0 aliphatic carbocycles. The summed E-state index contributed by atoms with van der Waals surface area (Å²) in [7, 11) is -1.62. The van der Waals surface area contributed by atoms with E-state index in [1.807, 2.05) is 54.6 Å². The van der Waals surface area contributed by atoms with Crippen molar-refractivity contribution in [3.63, 3.8) is 0 Å². The second kappa shape index (κ2) is 11.5. The Kier molecular flexibility index (Phi) is 5.39. The largest absolute Gasteiger partial charge is 0.208 e. The number of aromatic nitrogens is 3. The van der Waals surface area contributed by atoms with Crippen LogP contribution in [0.1, 0.15) is 9.60 Å². The summed E-state index contributed by atoms with van der Waals surface area (Å²) in [6, 6.07) is 30.9. The van der Waals surface area contributed by atoms with Gasteiger partial charge >= 0.3 is 0 Å². The van der Waals surface area contributed by atoms with Gasteiger partial charge < -0.3 is 0 Å². The lowest BCUT2D eigenvalue weighted by molar-refractivity contribution is 1.08. The van der Waals surface area contributed by atoms with Gasteiger partial charge in [-0.15, -0.1) is 0 Å². The van der Waals surface area contributed by atoms with Crippen LogP contribution in [-0.4, -0.2) is 23.0 Å². The lowest BCUT2D eigenvalue weighted by Crippen LogP contribution is -2.38. The van der Waals surface area contributed by atoms with E-state index in [4.69, 9.17) is 24.5 Å². The van der Waals surface area contributed by atoms with Crippen LogP contribution in [0, 0.1) is 0 Å². The van der Waals surface area contributed by atoms with Crippen LogP contribution in [-0.2, 0) is 0 Å². The van der Waals surface area contributed by atoms with Gasteiger partial charge in [0.05, 0.1) is 17.7 Å². The topological polar surface area (TPSA) is 38.7 Å². The van der Waals surface area contributed by atoms with E-state index in [0.717, 1.165) is 16.7 Å². The van der Waals surface area contributed by atoms with Crippen LogP contribution in [0.15, 0.2) is 145 Å².